The molecule has 0 aliphatic rings. The van der Waals surface area contributed by atoms with Crippen LogP contribution >= 0.6 is 0 Å². The Balaban J connectivity index is 0.000000509. The van der Waals surface area contributed by atoms with E-state index < -0.39 is 8.80 Å². The average molecular weight is 341 g/mol. The molecule has 0 bridgehead atoms. The Bertz CT molecular complexity index is 491. The van der Waals surface area contributed by atoms with Crippen LogP contribution in [0.1, 0.15) is 13.8 Å². The summed E-state index contributed by atoms with van der Waals surface area (Å²) >= 11 is 0. The molecule has 8 heteroatoms. The molecule has 2 aromatic heterocycles. The Morgan fingerprint density at radius 1 is 1.04 bits per heavy atom. The zero-order chi connectivity index (χ0) is 16.3. The standard InChI is InChI=1S/C9H18N2O3Si.C5H6N2.CH4/c1-12-15(13-2,14-3)9-5-8-11-7-4-6-10-11;1-2-7-5-3-4-6-7;/h4,6-7H,5,8-9H2,1-3H3;2-5H,1H2;1H4. The van der Waals surface area contributed by atoms with Crippen LogP contribution in [0.5, 0.6) is 0 Å². The van der Waals surface area contributed by atoms with Gasteiger partial charge in [0.05, 0.1) is 0 Å². The Kier molecular flexibility index (Phi) is 10.9. The second kappa shape index (κ2) is 11.8. The van der Waals surface area contributed by atoms with Crippen LogP contribution in [-0.2, 0) is 19.8 Å². The van der Waals surface area contributed by atoms with Gasteiger partial charge in [-0.05, 0) is 18.6 Å². The van der Waals surface area contributed by atoms with Crippen LogP contribution in [0.4, 0.5) is 0 Å². The predicted molar refractivity (Wildman–Crippen MR) is 93.8 cm³/mol. The van der Waals surface area contributed by atoms with Crippen LogP contribution in [0.3, 0.4) is 0 Å². The van der Waals surface area contributed by atoms with Gasteiger partial charge in [0, 0.05) is 64.9 Å². The predicted octanol–water partition coefficient (Wildman–Crippen LogP) is 2.77. The monoisotopic (exact) mass is 340 g/mol. The number of rotatable bonds is 8. The molecule has 0 aliphatic carbocycles. The molecule has 0 spiro atoms. The number of hydrogen-bond donors (Lipinski definition) is 0. The third-order valence-corrected chi connectivity index (χ3v) is 5.91. The van der Waals surface area contributed by atoms with Crippen LogP contribution in [0.15, 0.2) is 43.5 Å². The minimum absolute atomic E-state index is 0. The maximum Gasteiger partial charge on any atom is 0.500 e. The van der Waals surface area contributed by atoms with Gasteiger partial charge in [-0.3, -0.25) is 4.68 Å². The summed E-state index contributed by atoms with van der Waals surface area (Å²) in [6, 6.07) is 4.56. The molecule has 2 heterocycles. The Morgan fingerprint density at radius 3 is 2.04 bits per heavy atom. The highest BCUT2D eigenvalue weighted by molar-refractivity contribution is 6.60. The van der Waals surface area contributed by atoms with Crippen molar-refractivity contribution in [1.29, 1.82) is 0 Å². The molecule has 2 rings (SSSR count). The molecule has 0 unspecified atom stereocenters. The highest BCUT2D eigenvalue weighted by atomic mass is 28.4. The van der Waals surface area contributed by atoms with Crippen LogP contribution in [0.25, 0.3) is 6.20 Å². The average Bonchev–Trinajstić information content (AvgIpc) is 3.26. The molecule has 0 fully saturated rings. The molecule has 0 N–H and O–H groups in total. The molecular weight excluding hydrogens is 312 g/mol. The van der Waals surface area contributed by atoms with Crippen molar-refractivity contribution in [3.63, 3.8) is 0 Å². The summed E-state index contributed by atoms with van der Waals surface area (Å²) in [7, 11) is 2.50. The van der Waals surface area contributed by atoms with Crippen molar-refractivity contribution in [2.75, 3.05) is 21.3 Å². The smallest absolute Gasteiger partial charge is 0.377 e. The molecular formula is C15H28N4O3Si. The summed E-state index contributed by atoms with van der Waals surface area (Å²) in [6.07, 6.45) is 9.82. The van der Waals surface area contributed by atoms with Gasteiger partial charge in [-0.2, -0.15) is 10.2 Å². The first kappa shape index (κ1) is 21.3. The van der Waals surface area contributed by atoms with E-state index in [0.717, 1.165) is 19.0 Å². The number of nitrogens with zero attached hydrogens (tertiary/aromatic N) is 4. The molecule has 2 aromatic rings. The fourth-order valence-corrected chi connectivity index (χ4v) is 3.54. The van der Waals surface area contributed by atoms with E-state index >= 15 is 0 Å². The van der Waals surface area contributed by atoms with Gasteiger partial charge in [0.15, 0.2) is 0 Å². The van der Waals surface area contributed by atoms with Gasteiger partial charge in [0.1, 0.15) is 0 Å². The summed E-state index contributed by atoms with van der Waals surface area (Å²) in [5.74, 6) is 0. The number of hydrogen-bond acceptors (Lipinski definition) is 5. The van der Waals surface area contributed by atoms with Gasteiger partial charge in [-0.25, -0.2) is 4.68 Å². The third kappa shape index (κ3) is 7.38. The maximum atomic E-state index is 5.32. The molecule has 0 aliphatic heterocycles. The Labute approximate surface area is 139 Å². The molecule has 0 saturated carbocycles. The highest BCUT2D eigenvalue weighted by Crippen LogP contribution is 2.15. The Hall–Kier alpha value is -1.74. The van der Waals surface area contributed by atoms with E-state index in [-0.39, 0.29) is 7.43 Å². The van der Waals surface area contributed by atoms with Crippen LogP contribution < -0.4 is 0 Å². The lowest BCUT2D eigenvalue weighted by Gasteiger charge is -2.24. The Morgan fingerprint density at radius 2 is 1.65 bits per heavy atom. The summed E-state index contributed by atoms with van der Waals surface area (Å²) in [6.45, 7) is 4.36. The lowest BCUT2D eigenvalue weighted by Crippen LogP contribution is -2.42. The van der Waals surface area contributed by atoms with E-state index in [1.807, 2.05) is 29.2 Å². The zero-order valence-electron chi connectivity index (χ0n) is 13.4. The van der Waals surface area contributed by atoms with Gasteiger partial charge in [0.2, 0.25) is 0 Å². The van der Waals surface area contributed by atoms with Crippen molar-refractivity contribution in [1.82, 2.24) is 19.6 Å². The van der Waals surface area contributed by atoms with E-state index in [4.69, 9.17) is 13.3 Å². The maximum absolute atomic E-state index is 5.32. The van der Waals surface area contributed by atoms with Gasteiger partial charge in [0.25, 0.3) is 0 Å². The fourth-order valence-electron chi connectivity index (χ4n) is 1.84. The summed E-state index contributed by atoms with van der Waals surface area (Å²) in [5.41, 5.74) is 0. The topological polar surface area (TPSA) is 63.3 Å². The SMILES string of the molecule is C.C=Cn1cccn1.CO[Si](CCCn1cccn1)(OC)OC. The van der Waals surface area contributed by atoms with Crippen LogP contribution in [-0.4, -0.2) is 49.7 Å². The summed E-state index contributed by atoms with van der Waals surface area (Å²) < 4.78 is 19.5. The minimum atomic E-state index is -2.39. The van der Waals surface area contributed by atoms with Crippen molar-refractivity contribution in [2.24, 2.45) is 0 Å². The third-order valence-electron chi connectivity index (χ3n) is 3.07. The van der Waals surface area contributed by atoms with E-state index in [9.17, 15) is 0 Å². The van der Waals surface area contributed by atoms with E-state index in [2.05, 4.69) is 16.8 Å². The molecule has 130 valence electrons. The second-order valence-electron chi connectivity index (χ2n) is 4.34. The normalized spacial score (nSPS) is 10.4. The summed E-state index contributed by atoms with van der Waals surface area (Å²) in [5, 5.41) is 7.96. The summed E-state index contributed by atoms with van der Waals surface area (Å²) in [4.78, 5) is 0. The second-order valence-corrected chi connectivity index (χ2v) is 7.43. The molecule has 0 amide bonds. The van der Waals surface area contributed by atoms with Gasteiger partial charge < -0.3 is 13.3 Å². The number of aromatic nitrogens is 4. The minimum Gasteiger partial charge on any atom is -0.377 e. The van der Waals surface area contributed by atoms with Gasteiger partial charge in [-0.1, -0.05) is 14.0 Å². The lowest BCUT2D eigenvalue weighted by molar-refractivity contribution is 0.122. The van der Waals surface area contributed by atoms with E-state index in [1.54, 1.807) is 44.6 Å². The first-order chi connectivity index (χ1) is 10.7. The van der Waals surface area contributed by atoms with Crippen molar-refractivity contribution >= 4 is 15.0 Å². The molecule has 0 atom stereocenters. The quantitative estimate of drug-likeness (QED) is 0.692. The molecule has 0 aromatic carbocycles. The molecule has 7 nitrogen and oxygen atoms in total. The number of aryl methyl sites for hydroxylation is 1. The van der Waals surface area contributed by atoms with Crippen molar-refractivity contribution in [2.45, 2.75) is 26.4 Å². The van der Waals surface area contributed by atoms with Crippen LogP contribution in [0.2, 0.25) is 6.04 Å². The zero-order valence-corrected chi connectivity index (χ0v) is 14.4. The molecule has 23 heavy (non-hydrogen) atoms. The van der Waals surface area contributed by atoms with Crippen molar-refractivity contribution in [3.05, 3.63) is 43.5 Å². The van der Waals surface area contributed by atoms with Gasteiger partial charge >= 0.3 is 8.80 Å². The largest absolute Gasteiger partial charge is 0.500 e. The van der Waals surface area contributed by atoms with Gasteiger partial charge in [-0.15, -0.1) is 0 Å². The lowest BCUT2D eigenvalue weighted by atomic mass is 10.5. The van der Waals surface area contributed by atoms with Crippen molar-refractivity contribution in [3.8, 4) is 0 Å². The molecule has 0 saturated heterocycles. The highest BCUT2D eigenvalue weighted by Gasteiger charge is 2.36. The van der Waals surface area contributed by atoms with E-state index in [0.29, 0.717) is 0 Å². The first-order valence-electron chi connectivity index (χ1n) is 6.94. The molecule has 0 radical (unpaired) electrons. The van der Waals surface area contributed by atoms with E-state index in [1.165, 1.54) is 0 Å². The van der Waals surface area contributed by atoms with Crippen LogP contribution in [0, 0.1) is 0 Å². The first-order valence-corrected chi connectivity index (χ1v) is 8.87. The van der Waals surface area contributed by atoms with Crippen molar-refractivity contribution < 1.29 is 13.3 Å². The fraction of sp³-hybridized carbons (Fsp3) is 0.467.